The predicted molar refractivity (Wildman–Crippen MR) is 78.7 cm³/mol. The molecule has 0 unspecified atom stereocenters. The van der Waals surface area contributed by atoms with Gasteiger partial charge in [0.1, 0.15) is 16.4 Å². The van der Waals surface area contributed by atoms with E-state index in [2.05, 4.69) is 11.9 Å². The summed E-state index contributed by atoms with van der Waals surface area (Å²) in [6.07, 6.45) is 4.99. The van der Waals surface area contributed by atoms with Crippen molar-refractivity contribution in [2.75, 3.05) is 19.7 Å². The van der Waals surface area contributed by atoms with Crippen LogP contribution >= 0.6 is 0 Å². The highest BCUT2D eigenvalue weighted by atomic mass is 32.2. The molecule has 0 spiro atoms. The second-order valence-corrected chi connectivity index (χ2v) is 7.68. The number of likely N-dealkylation sites (tertiary alicyclic amines) is 1. The van der Waals surface area contributed by atoms with E-state index in [9.17, 15) is 13.2 Å². The fraction of sp³-hybridized carbons (Fsp3) is 0.714. The SMILES string of the molecule is CC1(COC2=C(N3CCC([SH](=O)=O)CC3)C=NC2=O)CC1. The van der Waals surface area contributed by atoms with Gasteiger partial charge in [-0.1, -0.05) is 6.92 Å². The van der Waals surface area contributed by atoms with Gasteiger partial charge in [-0.2, -0.15) is 0 Å². The quantitative estimate of drug-likeness (QED) is 0.756. The molecule has 0 bridgehead atoms. The number of ether oxygens (including phenoxy) is 1. The first-order valence-corrected chi connectivity index (χ1v) is 8.57. The molecule has 0 N–H and O–H groups in total. The minimum absolute atomic E-state index is 0.203. The first kappa shape index (κ1) is 14.6. The Hall–Kier alpha value is -1.37. The summed E-state index contributed by atoms with van der Waals surface area (Å²) in [5.41, 5.74) is 0.915. The second-order valence-electron chi connectivity index (χ2n) is 6.38. The number of carbonyl (C=O) groups is 1. The summed E-state index contributed by atoms with van der Waals surface area (Å²) in [6.45, 7) is 3.92. The minimum Gasteiger partial charge on any atom is -0.486 e. The van der Waals surface area contributed by atoms with E-state index < -0.39 is 10.7 Å². The molecule has 0 aromatic rings. The van der Waals surface area contributed by atoms with Gasteiger partial charge < -0.3 is 9.64 Å². The summed E-state index contributed by atoms with van der Waals surface area (Å²) >= 11 is 0. The number of rotatable bonds is 5. The maximum Gasteiger partial charge on any atom is 0.314 e. The number of hydrogen-bond acceptors (Lipinski definition) is 5. The summed E-state index contributed by atoms with van der Waals surface area (Å²) in [4.78, 5) is 17.7. The van der Waals surface area contributed by atoms with Gasteiger partial charge in [0.2, 0.25) is 5.76 Å². The second kappa shape index (κ2) is 5.44. The first-order valence-electron chi connectivity index (χ1n) is 7.32. The van der Waals surface area contributed by atoms with E-state index in [-0.39, 0.29) is 16.6 Å². The zero-order chi connectivity index (χ0) is 15.0. The Balaban J connectivity index is 1.68. The summed E-state index contributed by atoms with van der Waals surface area (Å²) in [6, 6.07) is 0. The Kier molecular flexibility index (Phi) is 3.77. The monoisotopic (exact) mass is 312 g/mol. The van der Waals surface area contributed by atoms with Gasteiger partial charge in [-0.3, -0.25) is 4.79 Å². The zero-order valence-electron chi connectivity index (χ0n) is 12.1. The minimum atomic E-state index is -2.36. The molecule has 7 heteroatoms. The fourth-order valence-corrected chi connectivity index (χ4v) is 3.28. The highest BCUT2D eigenvalue weighted by Gasteiger charge is 2.39. The molecule has 21 heavy (non-hydrogen) atoms. The lowest BCUT2D eigenvalue weighted by atomic mass is 10.1. The van der Waals surface area contributed by atoms with Gasteiger partial charge in [-0.15, -0.1) is 0 Å². The van der Waals surface area contributed by atoms with Crippen LogP contribution in [0.2, 0.25) is 0 Å². The largest absolute Gasteiger partial charge is 0.486 e. The molecule has 2 fully saturated rings. The lowest BCUT2D eigenvalue weighted by molar-refractivity contribution is -0.117. The van der Waals surface area contributed by atoms with Crippen LogP contribution in [0, 0.1) is 5.41 Å². The van der Waals surface area contributed by atoms with Crippen LogP contribution in [0.25, 0.3) is 0 Å². The third-order valence-electron chi connectivity index (χ3n) is 4.50. The smallest absolute Gasteiger partial charge is 0.314 e. The average Bonchev–Trinajstić information content (AvgIpc) is 3.08. The van der Waals surface area contributed by atoms with E-state index >= 15 is 0 Å². The molecule has 1 saturated carbocycles. The van der Waals surface area contributed by atoms with Crippen molar-refractivity contribution < 1.29 is 17.9 Å². The van der Waals surface area contributed by atoms with Gasteiger partial charge in [0.25, 0.3) is 0 Å². The number of amides is 1. The molecule has 1 amide bonds. The van der Waals surface area contributed by atoms with Crippen LogP contribution in [0.3, 0.4) is 0 Å². The van der Waals surface area contributed by atoms with Gasteiger partial charge in [-0.05, 0) is 25.7 Å². The van der Waals surface area contributed by atoms with E-state index in [0.29, 0.717) is 44.0 Å². The fourth-order valence-electron chi connectivity index (χ4n) is 2.63. The van der Waals surface area contributed by atoms with E-state index in [0.717, 1.165) is 12.8 Å². The van der Waals surface area contributed by atoms with E-state index in [4.69, 9.17) is 4.74 Å². The Labute approximate surface area is 125 Å². The topological polar surface area (TPSA) is 76.0 Å². The lowest BCUT2D eigenvalue weighted by Gasteiger charge is -2.31. The molecular weight excluding hydrogens is 292 g/mol. The van der Waals surface area contributed by atoms with Crippen molar-refractivity contribution in [3.05, 3.63) is 11.5 Å². The van der Waals surface area contributed by atoms with E-state index in [1.54, 1.807) is 6.21 Å². The molecule has 0 radical (unpaired) electrons. The summed E-state index contributed by atoms with van der Waals surface area (Å²) in [5.74, 6) is -0.000592. The van der Waals surface area contributed by atoms with Crippen LogP contribution in [0.5, 0.6) is 0 Å². The third-order valence-corrected chi connectivity index (χ3v) is 5.62. The molecular formula is C14H20N2O4S. The molecule has 0 aromatic carbocycles. The van der Waals surface area contributed by atoms with Crippen molar-refractivity contribution in [2.45, 2.75) is 37.9 Å². The molecule has 3 aliphatic rings. The van der Waals surface area contributed by atoms with Crippen LogP contribution in [0.15, 0.2) is 16.4 Å². The van der Waals surface area contributed by atoms with Gasteiger partial charge >= 0.3 is 5.91 Å². The number of piperidine rings is 1. The van der Waals surface area contributed by atoms with Crippen molar-refractivity contribution in [2.24, 2.45) is 10.4 Å². The Morgan fingerprint density at radius 3 is 2.62 bits per heavy atom. The molecule has 1 aliphatic carbocycles. The lowest BCUT2D eigenvalue weighted by Crippen LogP contribution is -2.36. The highest BCUT2D eigenvalue weighted by molar-refractivity contribution is 7.73. The third kappa shape index (κ3) is 3.12. The van der Waals surface area contributed by atoms with Crippen molar-refractivity contribution in [1.29, 1.82) is 0 Å². The molecule has 6 nitrogen and oxygen atoms in total. The number of hydrogen-bond donors (Lipinski definition) is 1. The summed E-state index contributed by atoms with van der Waals surface area (Å²) < 4.78 is 27.8. The maximum atomic E-state index is 11.8. The molecule has 2 heterocycles. The summed E-state index contributed by atoms with van der Waals surface area (Å²) in [5, 5.41) is -0.249. The molecule has 0 aromatic heterocycles. The molecule has 0 atom stereocenters. The van der Waals surface area contributed by atoms with Gasteiger partial charge in [0.05, 0.1) is 18.1 Å². The van der Waals surface area contributed by atoms with Crippen LogP contribution in [0.4, 0.5) is 0 Å². The van der Waals surface area contributed by atoms with Gasteiger partial charge in [0, 0.05) is 18.5 Å². The average molecular weight is 312 g/mol. The maximum absolute atomic E-state index is 11.8. The highest BCUT2D eigenvalue weighted by Crippen LogP contribution is 2.45. The van der Waals surface area contributed by atoms with Crippen molar-refractivity contribution >= 4 is 22.8 Å². The van der Waals surface area contributed by atoms with E-state index in [1.165, 1.54) is 0 Å². The van der Waals surface area contributed by atoms with Crippen LogP contribution in [-0.2, 0) is 20.2 Å². The molecule has 1 saturated heterocycles. The molecule has 3 rings (SSSR count). The Morgan fingerprint density at radius 2 is 2.05 bits per heavy atom. The number of aliphatic imine (C=N–C) groups is 1. The number of nitrogens with zero attached hydrogens (tertiary/aromatic N) is 2. The Bertz CT molecular complexity index is 574. The summed E-state index contributed by atoms with van der Waals surface area (Å²) in [7, 11) is -2.36. The standard InChI is InChI=1S/C14H20N2O4S/c1-14(4-5-14)9-20-12-11(8-15-13(12)17)16-6-2-10(3-7-16)21(18)19/h8,10,21H,2-7,9H2,1H3. The van der Waals surface area contributed by atoms with Crippen LogP contribution < -0.4 is 0 Å². The molecule has 116 valence electrons. The zero-order valence-corrected chi connectivity index (χ0v) is 13.0. The number of allylic oxidation sites excluding steroid dienone is 1. The van der Waals surface area contributed by atoms with Crippen LogP contribution in [-0.4, -0.2) is 50.4 Å². The van der Waals surface area contributed by atoms with Gasteiger partial charge in [-0.25, -0.2) is 13.4 Å². The van der Waals surface area contributed by atoms with Crippen molar-refractivity contribution in [3.8, 4) is 0 Å². The normalized spacial score (nSPS) is 25.0. The van der Waals surface area contributed by atoms with Crippen LogP contribution in [0.1, 0.15) is 32.6 Å². The molecule has 2 aliphatic heterocycles. The number of carbonyl (C=O) groups excluding carboxylic acids is 1. The predicted octanol–water partition coefficient (Wildman–Crippen LogP) is 0.702. The van der Waals surface area contributed by atoms with Crippen molar-refractivity contribution in [1.82, 2.24) is 4.90 Å². The van der Waals surface area contributed by atoms with Crippen molar-refractivity contribution in [3.63, 3.8) is 0 Å². The van der Waals surface area contributed by atoms with Gasteiger partial charge in [0.15, 0.2) is 0 Å². The Morgan fingerprint density at radius 1 is 1.38 bits per heavy atom. The first-order chi connectivity index (χ1) is 9.98. The number of thiol groups is 1. The van der Waals surface area contributed by atoms with E-state index in [1.807, 2.05) is 4.90 Å².